The number of nitrogen functional groups attached to an aromatic ring is 1. The highest BCUT2D eigenvalue weighted by atomic mass is 19.4. The van der Waals surface area contributed by atoms with E-state index in [0.29, 0.717) is 6.54 Å². The standard InChI is InChI=1S/C14H17F3N2O/c15-14(16,17)11-8-10(5-6-12(11)18)13(20)19-7-1-2-9-3-4-9/h5-6,8-9H,1-4,7,18H2,(H,19,20). The van der Waals surface area contributed by atoms with Crippen molar-refractivity contribution < 1.29 is 18.0 Å². The van der Waals surface area contributed by atoms with Gasteiger partial charge in [-0.05, 0) is 37.0 Å². The fourth-order valence-electron chi connectivity index (χ4n) is 2.04. The SMILES string of the molecule is Nc1ccc(C(=O)NCCCC2CC2)cc1C(F)(F)F. The molecule has 0 unspecified atom stereocenters. The van der Waals surface area contributed by atoms with Gasteiger partial charge in [-0.3, -0.25) is 4.79 Å². The molecular formula is C14H17F3N2O. The van der Waals surface area contributed by atoms with E-state index >= 15 is 0 Å². The number of anilines is 1. The van der Waals surface area contributed by atoms with Gasteiger partial charge in [-0.15, -0.1) is 0 Å². The summed E-state index contributed by atoms with van der Waals surface area (Å²) in [5.74, 6) is 0.284. The van der Waals surface area contributed by atoms with Gasteiger partial charge in [0.25, 0.3) is 5.91 Å². The van der Waals surface area contributed by atoms with Crippen LogP contribution in [0.2, 0.25) is 0 Å². The predicted octanol–water partition coefficient (Wildman–Crippen LogP) is 3.21. The lowest BCUT2D eigenvalue weighted by atomic mass is 10.1. The number of nitrogens with two attached hydrogens (primary N) is 1. The number of halogens is 3. The highest BCUT2D eigenvalue weighted by Gasteiger charge is 2.33. The molecule has 6 heteroatoms. The van der Waals surface area contributed by atoms with Gasteiger partial charge < -0.3 is 11.1 Å². The summed E-state index contributed by atoms with van der Waals surface area (Å²) in [6.07, 6.45) is -0.124. The van der Waals surface area contributed by atoms with E-state index in [2.05, 4.69) is 5.32 Å². The summed E-state index contributed by atoms with van der Waals surface area (Å²) >= 11 is 0. The third-order valence-corrected chi connectivity index (χ3v) is 3.39. The fraction of sp³-hybridized carbons (Fsp3) is 0.500. The van der Waals surface area contributed by atoms with Crippen LogP contribution in [0, 0.1) is 5.92 Å². The second-order valence-electron chi connectivity index (χ2n) is 5.14. The lowest BCUT2D eigenvalue weighted by molar-refractivity contribution is -0.136. The van der Waals surface area contributed by atoms with E-state index in [1.54, 1.807) is 0 Å². The number of hydrogen-bond donors (Lipinski definition) is 2. The highest BCUT2D eigenvalue weighted by Crippen LogP contribution is 2.34. The predicted molar refractivity (Wildman–Crippen MR) is 70.1 cm³/mol. The van der Waals surface area contributed by atoms with Crippen molar-refractivity contribution in [1.82, 2.24) is 5.32 Å². The van der Waals surface area contributed by atoms with E-state index in [0.717, 1.165) is 30.9 Å². The lowest BCUT2D eigenvalue weighted by Crippen LogP contribution is -2.25. The molecule has 110 valence electrons. The molecule has 2 rings (SSSR count). The van der Waals surface area contributed by atoms with Crippen LogP contribution >= 0.6 is 0 Å². The molecule has 1 aromatic rings. The Morgan fingerprint density at radius 1 is 1.35 bits per heavy atom. The molecular weight excluding hydrogens is 269 g/mol. The first-order chi connectivity index (χ1) is 9.38. The number of hydrogen-bond acceptors (Lipinski definition) is 2. The molecule has 3 nitrogen and oxygen atoms in total. The average Bonchev–Trinajstić information content (AvgIpc) is 3.17. The third-order valence-electron chi connectivity index (χ3n) is 3.39. The molecule has 3 N–H and O–H groups in total. The average molecular weight is 286 g/mol. The minimum Gasteiger partial charge on any atom is -0.398 e. The highest BCUT2D eigenvalue weighted by molar-refractivity contribution is 5.94. The van der Waals surface area contributed by atoms with Gasteiger partial charge in [0.05, 0.1) is 5.56 Å². The number of carbonyl (C=O) groups excluding carboxylic acids is 1. The van der Waals surface area contributed by atoms with Crippen molar-refractivity contribution in [3.63, 3.8) is 0 Å². The van der Waals surface area contributed by atoms with Crippen LogP contribution in [0.25, 0.3) is 0 Å². The van der Waals surface area contributed by atoms with Gasteiger partial charge in [0.15, 0.2) is 0 Å². The van der Waals surface area contributed by atoms with Gasteiger partial charge in [-0.1, -0.05) is 12.8 Å². The molecule has 20 heavy (non-hydrogen) atoms. The molecule has 1 aromatic carbocycles. The summed E-state index contributed by atoms with van der Waals surface area (Å²) in [5.41, 5.74) is 3.93. The monoisotopic (exact) mass is 286 g/mol. The minimum atomic E-state index is -4.55. The van der Waals surface area contributed by atoms with Crippen LogP contribution in [-0.4, -0.2) is 12.5 Å². The van der Waals surface area contributed by atoms with Crippen molar-refractivity contribution in [1.29, 1.82) is 0 Å². The van der Waals surface area contributed by atoms with Crippen molar-refractivity contribution in [2.24, 2.45) is 5.92 Å². The molecule has 0 aliphatic heterocycles. The second-order valence-corrected chi connectivity index (χ2v) is 5.14. The summed E-state index contributed by atoms with van der Waals surface area (Å²) in [4.78, 5) is 11.8. The molecule has 0 saturated heterocycles. The first kappa shape index (κ1) is 14.7. The van der Waals surface area contributed by atoms with Crippen molar-refractivity contribution in [2.75, 3.05) is 12.3 Å². The van der Waals surface area contributed by atoms with Gasteiger partial charge in [0.1, 0.15) is 0 Å². The number of alkyl halides is 3. The summed E-state index contributed by atoms with van der Waals surface area (Å²) in [6.45, 7) is 0.487. The van der Waals surface area contributed by atoms with Crippen LogP contribution in [0.5, 0.6) is 0 Å². The molecule has 0 bridgehead atoms. The van der Waals surface area contributed by atoms with Crippen LogP contribution in [0.15, 0.2) is 18.2 Å². The molecule has 1 aliphatic rings. The normalized spacial score (nSPS) is 15.2. The van der Waals surface area contributed by atoms with Gasteiger partial charge in [0, 0.05) is 17.8 Å². The van der Waals surface area contributed by atoms with Crippen molar-refractivity contribution >= 4 is 11.6 Å². The van der Waals surface area contributed by atoms with Crippen LogP contribution in [0.3, 0.4) is 0 Å². The Morgan fingerprint density at radius 3 is 2.65 bits per heavy atom. The van der Waals surface area contributed by atoms with Crippen molar-refractivity contribution in [3.8, 4) is 0 Å². The molecule has 1 fully saturated rings. The molecule has 1 aliphatic carbocycles. The maximum atomic E-state index is 12.7. The number of nitrogens with one attached hydrogen (secondary N) is 1. The largest absolute Gasteiger partial charge is 0.418 e. The smallest absolute Gasteiger partial charge is 0.398 e. The van der Waals surface area contributed by atoms with E-state index in [-0.39, 0.29) is 11.3 Å². The summed E-state index contributed by atoms with van der Waals surface area (Å²) < 4.78 is 38.0. The molecule has 0 aromatic heterocycles. The van der Waals surface area contributed by atoms with Gasteiger partial charge in [0.2, 0.25) is 0 Å². The van der Waals surface area contributed by atoms with Gasteiger partial charge in [-0.25, -0.2) is 0 Å². The quantitative estimate of drug-likeness (QED) is 0.645. The first-order valence-corrected chi connectivity index (χ1v) is 6.63. The molecule has 0 heterocycles. The zero-order valence-electron chi connectivity index (χ0n) is 11.0. The molecule has 0 radical (unpaired) electrons. The van der Waals surface area contributed by atoms with Gasteiger partial charge >= 0.3 is 6.18 Å². The topological polar surface area (TPSA) is 55.1 Å². The number of carbonyl (C=O) groups is 1. The van der Waals surface area contributed by atoms with E-state index in [1.165, 1.54) is 18.9 Å². The zero-order chi connectivity index (χ0) is 14.8. The zero-order valence-corrected chi connectivity index (χ0v) is 11.0. The van der Waals surface area contributed by atoms with Crippen molar-refractivity contribution in [2.45, 2.75) is 31.9 Å². The Balaban J connectivity index is 1.94. The maximum absolute atomic E-state index is 12.7. The van der Waals surface area contributed by atoms with Crippen LogP contribution in [-0.2, 0) is 6.18 Å². The maximum Gasteiger partial charge on any atom is 0.418 e. The fourth-order valence-corrected chi connectivity index (χ4v) is 2.04. The van der Waals surface area contributed by atoms with Crippen LogP contribution < -0.4 is 11.1 Å². The van der Waals surface area contributed by atoms with Crippen molar-refractivity contribution in [3.05, 3.63) is 29.3 Å². The summed E-state index contributed by atoms with van der Waals surface area (Å²) in [5, 5.41) is 2.63. The van der Waals surface area contributed by atoms with Gasteiger partial charge in [-0.2, -0.15) is 13.2 Å². The molecule has 1 amide bonds. The molecule has 1 saturated carbocycles. The van der Waals surface area contributed by atoms with Crippen LogP contribution in [0.1, 0.15) is 41.6 Å². The Kier molecular flexibility index (Phi) is 4.20. The first-order valence-electron chi connectivity index (χ1n) is 6.63. The van der Waals surface area contributed by atoms with E-state index in [9.17, 15) is 18.0 Å². The third kappa shape index (κ3) is 3.88. The minimum absolute atomic E-state index is 0.0158. The second kappa shape index (κ2) is 5.73. The Morgan fingerprint density at radius 2 is 2.05 bits per heavy atom. The Labute approximate surface area is 115 Å². The number of amides is 1. The molecule has 0 spiro atoms. The molecule has 0 atom stereocenters. The lowest BCUT2D eigenvalue weighted by Gasteiger charge is -2.12. The Hall–Kier alpha value is -1.72. The summed E-state index contributed by atoms with van der Waals surface area (Å²) in [6, 6.07) is 3.22. The van der Waals surface area contributed by atoms with Crippen LogP contribution in [0.4, 0.5) is 18.9 Å². The number of rotatable bonds is 5. The Bertz CT molecular complexity index is 496. The number of benzene rings is 1. The van der Waals surface area contributed by atoms with E-state index < -0.39 is 17.6 Å². The van der Waals surface area contributed by atoms with E-state index in [1.807, 2.05) is 0 Å². The summed E-state index contributed by atoms with van der Waals surface area (Å²) in [7, 11) is 0. The van der Waals surface area contributed by atoms with E-state index in [4.69, 9.17) is 5.73 Å².